The molecule has 1 amide bonds. The molecule has 0 spiro atoms. The molecule has 18 heavy (non-hydrogen) atoms. The van der Waals surface area contributed by atoms with Crippen LogP contribution in [0.5, 0.6) is 0 Å². The van der Waals surface area contributed by atoms with Crippen LogP contribution in [-0.2, 0) is 10.2 Å². The van der Waals surface area contributed by atoms with Gasteiger partial charge in [-0.1, -0.05) is 6.07 Å². The lowest BCUT2D eigenvalue weighted by Crippen LogP contribution is -2.37. The van der Waals surface area contributed by atoms with Crippen LogP contribution in [0, 0.1) is 4.77 Å². The number of imidazole rings is 1. The predicted octanol–water partition coefficient (Wildman–Crippen LogP) is 1.99. The Morgan fingerprint density at radius 3 is 2.89 bits per heavy atom. The van der Waals surface area contributed by atoms with E-state index in [-0.39, 0.29) is 11.3 Å². The second kappa shape index (κ2) is 3.78. The van der Waals surface area contributed by atoms with E-state index in [0.717, 1.165) is 16.6 Å². The number of nitrogens with one attached hydrogen (secondary N) is 3. The van der Waals surface area contributed by atoms with Crippen molar-refractivity contribution in [1.82, 2.24) is 15.4 Å². The van der Waals surface area contributed by atoms with Gasteiger partial charge in [0.1, 0.15) is 0 Å². The van der Waals surface area contributed by atoms with Crippen molar-refractivity contribution in [1.29, 1.82) is 0 Å². The van der Waals surface area contributed by atoms with Gasteiger partial charge in [0, 0.05) is 18.1 Å². The number of hydrogen-bond donors (Lipinski definition) is 3. The van der Waals surface area contributed by atoms with E-state index in [0.29, 0.717) is 11.2 Å². The molecule has 1 unspecified atom stereocenters. The number of aromatic amines is 2. The molecule has 5 nitrogen and oxygen atoms in total. The topological polar surface area (TPSA) is 73.0 Å². The highest BCUT2D eigenvalue weighted by Gasteiger charge is 2.31. The lowest BCUT2D eigenvalue weighted by atomic mass is 9.79. The van der Waals surface area contributed by atoms with Crippen LogP contribution in [0.15, 0.2) is 23.3 Å². The number of benzene rings is 1. The molecule has 0 fully saturated rings. The van der Waals surface area contributed by atoms with Crippen LogP contribution in [0.25, 0.3) is 11.0 Å². The molecule has 2 aromatic rings. The highest BCUT2D eigenvalue weighted by Crippen LogP contribution is 2.29. The van der Waals surface area contributed by atoms with Crippen molar-refractivity contribution in [3.05, 3.63) is 28.5 Å². The van der Waals surface area contributed by atoms with Gasteiger partial charge >= 0.3 is 0 Å². The maximum Gasteiger partial charge on any atom is 0.241 e. The van der Waals surface area contributed by atoms with E-state index in [2.05, 4.69) is 20.5 Å². The summed E-state index contributed by atoms with van der Waals surface area (Å²) in [6, 6.07) is 5.96. The maximum atomic E-state index is 11.5. The van der Waals surface area contributed by atoms with E-state index in [4.69, 9.17) is 12.2 Å². The molecule has 0 bridgehead atoms. The van der Waals surface area contributed by atoms with Crippen molar-refractivity contribution in [2.24, 2.45) is 5.10 Å². The summed E-state index contributed by atoms with van der Waals surface area (Å²) in [5, 5.41) is 3.91. The molecule has 1 aliphatic rings. The number of aromatic nitrogens is 2. The minimum atomic E-state index is -0.372. The normalized spacial score (nSPS) is 23.3. The van der Waals surface area contributed by atoms with E-state index in [1.165, 1.54) is 0 Å². The van der Waals surface area contributed by atoms with E-state index < -0.39 is 0 Å². The molecule has 1 aliphatic heterocycles. The Labute approximate surface area is 108 Å². The highest BCUT2D eigenvalue weighted by molar-refractivity contribution is 7.71. The number of amides is 1. The molecule has 1 aromatic carbocycles. The zero-order valence-corrected chi connectivity index (χ0v) is 10.6. The Bertz CT molecular complexity index is 714. The van der Waals surface area contributed by atoms with Crippen LogP contribution < -0.4 is 5.43 Å². The van der Waals surface area contributed by atoms with Gasteiger partial charge in [0.05, 0.1) is 11.0 Å². The summed E-state index contributed by atoms with van der Waals surface area (Å²) in [5.74, 6) is -0.0675. The van der Waals surface area contributed by atoms with Crippen LogP contribution >= 0.6 is 12.2 Å². The third-order valence-electron chi connectivity index (χ3n) is 3.24. The molecule has 1 atom stereocenters. The standard InChI is InChI=1S/C12H12N4OS/c1-12(5-10(17)16-13-6-12)7-2-3-8-9(4-7)15-11(18)14-8/h2-4,6H,5H2,1H3,(H,16,17)(H2,14,15,18). The van der Waals surface area contributed by atoms with Crippen molar-refractivity contribution in [2.75, 3.05) is 0 Å². The van der Waals surface area contributed by atoms with Gasteiger partial charge in [0.2, 0.25) is 5.91 Å². The molecule has 0 aliphatic carbocycles. The molecular formula is C12H12N4OS. The minimum Gasteiger partial charge on any atom is -0.331 e. The average molecular weight is 260 g/mol. The van der Waals surface area contributed by atoms with Crippen molar-refractivity contribution in [3.63, 3.8) is 0 Å². The third-order valence-corrected chi connectivity index (χ3v) is 3.45. The number of H-pyrrole nitrogens is 2. The second-order valence-electron chi connectivity index (χ2n) is 4.73. The van der Waals surface area contributed by atoms with Crippen LogP contribution in [0.4, 0.5) is 0 Å². The Morgan fingerprint density at radius 1 is 1.33 bits per heavy atom. The van der Waals surface area contributed by atoms with Gasteiger partial charge < -0.3 is 9.97 Å². The molecule has 0 radical (unpaired) electrons. The quantitative estimate of drug-likeness (QED) is 0.686. The van der Waals surface area contributed by atoms with Crippen molar-refractivity contribution in [3.8, 4) is 0 Å². The summed E-state index contributed by atoms with van der Waals surface area (Å²) >= 11 is 5.06. The Morgan fingerprint density at radius 2 is 2.11 bits per heavy atom. The maximum absolute atomic E-state index is 11.5. The molecule has 3 N–H and O–H groups in total. The van der Waals surface area contributed by atoms with Crippen molar-refractivity contribution >= 4 is 35.4 Å². The first-order chi connectivity index (χ1) is 8.57. The number of nitrogens with zero attached hydrogens (tertiary/aromatic N) is 1. The average Bonchev–Trinajstić information content (AvgIpc) is 2.67. The minimum absolute atomic E-state index is 0.0675. The summed E-state index contributed by atoms with van der Waals surface area (Å²) in [4.78, 5) is 17.6. The molecule has 6 heteroatoms. The number of hydrogen-bond acceptors (Lipinski definition) is 3. The van der Waals surface area contributed by atoms with E-state index >= 15 is 0 Å². The first-order valence-corrected chi connectivity index (χ1v) is 6.03. The van der Waals surface area contributed by atoms with Crippen LogP contribution in [-0.4, -0.2) is 22.1 Å². The fraction of sp³-hybridized carbons (Fsp3) is 0.250. The Kier molecular flexibility index (Phi) is 2.34. The largest absolute Gasteiger partial charge is 0.331 e. The van der Waals surface area contributed by atoms with Crippen molar-refractivity contribution < 1.29 is 4.79 Å². The Balaban J connectivity index is 2.13. The zero-order chi connectivity index (χ0) is 12.8. The van der Waals surface area contributed by atoms with Crippen LogP contribution in [0.1, 0.15) is 18.9 Å². The smallest absolute Gasteiger partial charge is 0.241 e. The van der Waals surface area contributed by atoms with Gasteiger partial charge in [0.25, 0.3) is 0 Å². The number of fused-ring (bicyclic) bond motifs is 1. The summed E-state index contributed by atoms with van der Waals surface area (Å²) in [7, 11) is 0. The van der Waals surface area contributed by atoms with Gasteiger partial charge in [-0.2, -0.15) is 5.10 Å². The zero-order valence-electron chi connectivity index (χ0n) is 9.78. The van der Waals surface area contributed by atoms with Crippen LogP contribution in [0.2, 0.25) is 0 Å². The van der Waals surface area contributed by atoms with Gasteiger partial charge in [-0.25, -0.2) is 5.43 Å². The van der Waals surface area contributed by atoms with Crippen LogP contribution in [0.3, 0.4) is 0 Å². The second-order valence-corrected chi connectivity index (χ2v) is 5.14. The van der Waals surface area contributed by atoms with Gasteiger partial charge in [-0.15, -0.1) is 0 Å². The molecule has 1 aromatic heterocycles. The highest BCUT2D eigenvalue weighted by atomic mass is 32.1. The lowest BCUT2D eigenvalue weighted by Gasteiger charge is -2.27. The van der Waals surface area contributed by atoms with Crippen molar-refractivity contribution in [2.45, 2.75) is 18.8 Å². The number of carbonyl (C=O) groups excluding carboxylic acids is 1. The summed E-state index contributed by atoms with van der Waals surface area (Å²) in [6.07, 6.45) is 2.17. The molecule has 92 valence electrons. The first kappa shape index (κ1) is 11.2. The van der Waals surface area contributed by atoms with Gasteiger partial charge in [-0.05, 0) is 36.8 Å². The number of carbonyl (C=O) groups is 1. The predicted molar refractivity (Wildman–Crippen MR) is 72.1 cm³/mol. The monoisotopic (exact) mass is 260 g/mol. The van der Waals surface area contributed by atoms with E-state index in [9.17, 15) is 4.79 Å². The summed E-state index contributed by atoms with van der Waals surface area (Å²) in [5.41, 5.74) is 5.02. The molecule has 3 rings (SSSR count). The Hall–Kier alpha value is -1.95. The summed E-state index contributed by atoms with van der Waals surface area (Å²) in [6.45, 7) is 2.00. The number of hydrazone groups is 1. The lowest BCUT2D eigenvalue weighted by molar-refractivity contribution is -0.122. The molecule has 0 saturated heterocycles. The fourth-order valence-corrected chi connectivity index (χ4v) is 2.45. The first-order valence-electron chi connectivity index (χ1n) is 5.62. The molecular weight excluding hydrogens is 248 g/mol. The fourth-order valence-electron chi connectivity index (χ4n) is 2.23. The molecule has 2 heterocycles. The van der Waals surface area contributed by atoms with Gasteiger partial charge in [-0.3, -0.25) is 4.79 Å². The van der Waals surface area contributed by atoms with E-state index in [1.54, 1.807) is 6.21 Å². The summed E-state index contributed by atoms with van der Waals surface area (Å²) < 4.78 is 0.599. The molecule has 0 saturated carbocycles. The van der Waals surface area contributed by atoms with Gasteiger partial charge in [0.15, 0.2) is 4.77 Å². The number of rotatable bonds is 1. The SMILES string of the molecule is CC1(c2ccc3[nH]c(=S)[nH]c3c2)C=NNC(=O)C1. The van der Waals surface area contributed by atoms with E-state index in [1.807, 2.05) is 25.1 Å². The third kappa shape index (κ3) is 1.74.